The topological polar surface area (TPSA) is 65.5 Å². The molecule has 0 spiro atoms. The predicted molar refractivity (Wildman–Crippen MR) is 125 cm³/mol. The zero-order valence-electron chi connectivity index (χ0n) is 18.8. The maximum absolute atomic E-state index is 12.8. The lowest BCUT2D eigenvalue weighted by Crippen LogP contribution is -2.46. The van der Waals surface area contributed by atoms with Gasteiger partial charge in [-0.15, -0.1) is 0 Å². The number of aromatic nitrogens is 1. The fourth-order valence-electron chi connectivity index (χ4n) is 5.12. The highest BCUT2D eigenvalue weighted by molar-refractivity contribution is 5.94. The third kappa shape index (κ3) is 5.54. The fraction of sp³-hybridized carbons (Fsp3) is 0.500. The van der Waals surface area contributed by atoms with E-state index in [-0.39, 0.29) is 17.2 Å². The number of carbonyl (C=O) groups is 2. The summed E-state index contributed by atoms with van der Waals surface area (Å²) >= 11 is 0. The molecule has 4 rings (SSSR count). The van der Waals surface area contributed by atoms with E-state index in [9.17, 15) is 9.59 Å². The van der Waals surface area contributed by atoms with Crippen molar-refractivity contribution in [2.45, 2.75) is 43.9 Å². The summed E-state index contributed by atoms with van der Waals surface area (Å²) in [6, 6.07) is 14.2. The van der Waals surface area contributed by atoms with Crippen molar-refractivity contribution in [2.24, 2.45) is 0 Å². The van der Waals surface area contributed by atoms with Crippen molar-refractivity contribution in [3.05, 3.63) is 66.0 Å². The number of carbonyl (C=O) groups excluding carboxylic acids is 2. The van der Waals surface area contributed by atoms with Gasteiger partial charge in [-0.05, 0) is 37.0 Å². The molecule has 2 fully saturated rings. The highest BCUT2D eigenvalue weighted by atomic mass is 16.2. The number of rotatable bonds is 6. The van der Waals surface area contributed by atoms with Crippen molar-refractivity contribution in [2.75, 3.05) is 39.3 Å². The standard InChI is InChI=1S/C26H34N4O2/c31-24(28-21-26(12-5-2-6-13-26)23-8-3-1-4-9-23)20-29-16-7-17-30(19-18-29)25(32)22-10-14-27-15-11-22/h1,3-4,8-11,14-15H,2,5-7,12-13,16-21H2,(H,28,31). The lowest BCUT2D eigenvalue weighted by molar-refractivity contribution is -0.122. The third-order valence-corrected chi connectivity index (χ3v) is 6.99. The van der Waals surface area contributed by atoms with E-state index in [2.05, 4.69) is 45.5 Å². The highest BCUT2D eigenvalue weighted by Crippen LogP contribution is 2.38. The van der Waals surface area contributed by atoms with Gasteiger partial charge in [0.1, 0.15) is 0 Å². The number of benzene rings is 1. The maximum Gasteiger partial charge on any atom is 0.254 e. The van der Waals surface area contributed by atoms with Crippen LogP contribution in [-0.4, -0.2) is 65.9 Å². The van der Waals surface area contributed by atoms with Crippen molar-refractivity contribution in [1.29, 1.82) is 0 Å². The summed E-state index contributed by atoms with van der Waals surface area (Å²) in [5.41, 5.74) is 2.08. The quantitative estimate of drug-likeness (QED) is 0.758. The van der Waals surface area contributed by atoms with E-state index in [1.807, 2.05) is 4.90 Å². The normalized spacial score (nSPS) is 19.2. The molecule has 1 aromatic carbocycles. The summed E-state index contributed by atoms with van der Waals surface area (Å²) in [6.07, 6.45) is 10.2. The molecule has 2 heterocycles. The Balaban J connectivity index is 1.30. The minimum atomic E-state index is 0.0424. The summed E-state index contributed by atoms with van der Waals surface area (Å²) in [5.74, 6) is 0.126. The van der Waals surface area contributed by atoms with Crippen LogP contribution in [0.5, 0.6) is 0 Å². The van der Waals surface area contributed by atoms with Gasteiger partial charge in [-0.2, -0.15) is 0 Å². The second-order valence-electron chi connectivity index (χ2n) is 9.14. The van der Waals surface area contributed by atoms with Crippen LogP contribution in [0.3, 0.4) is 0 Å². The van der Waals surface area contributed by atoms with Crippen LogP contribution < -0.4 is 5.32 Å². The Morgan fingerprint density at radius 1 is 0.875 bits per heavy atom. The first kappa shape index (κ1) is 22.5. The van der Waals surface area contributed by atoms with Gasteiger partial charge in [0.2, 0.25) is 5.91 Å². The van der Waals surface area contributed by atoms with E-state index in [4.69, 9.17) is 0 Å². The van der Waals surface area contributed by atoms with Crippen molar-refractivity contribution in [1.82, 2.24) is 20.1 Å². The molecule has 0 atom stereocenters. The van der Waals surface area contributed by atoms with Gasteiger partial charge in [-0.3, -0.25) is 19.5 Å². The molecule has 2 amide bonds. The average molecular weight is 435 g/mol. The Morgan fingerprint density at radius 3 is 2.38 bits per heavy atom. The lowest BCUT2D eigenvalue weighted by atomic mass is 9.69. The first-order chi connectivity index (χ1) is 15.7. The molecule has 1 saturated heterocycles. The highest BCUT2D eigenvalue weighted by Gasteiger charge is 2.34. The third-order valence-electron chi connectivity index (χ3n) is 6.99. The van der Waals surface area contributed by atoms with Crippen molar-refractivity contribution < 1.29 is 9.59 Å². The van der Waals surface area contributed by atoms with Crippen LogP contribution in [0.15, 0.2) is 54.9 Å². The van der Waals surface area contributed by atoms with Crippen LogP contribution in [0.4, 0.5) is 0 Å². The molecule has 1 aliphatic heterocycles. The van der Waals surface area contributed by atoms with Gasteiger partial charge in [-0.1, -0.05) is 49.6 Å². The molecule has 1 N–H and O–H groups in total. The van der Waals surface area contributed by atoms with E-state index >= 15 is 0 Å². The van der Waals surface area contributed by atoms with Gasteiger partial charge in [0.15, 0.2) is 0 Å². The summed E-state index contributed by atoms with van der Waals surface area (Å²) in [6.45, 7) is 4.00. The Bertz CT molecular complexity index is 881. The Labute approximate surface area is 191 Å². The van der Waals surface area contributed by atoms with Crippen molar-refractivity contribution in [3.63, 3.8) is 0 Å². The molecule has 1 aliphatic carbocycles. The molecule has 6 nitrogen and oxygen atoms in total. The molecule has 0 bridgehead atoms. The van der Waals surface area contributed by atoms with E-state index in [0.29, 0.717) is 31.7 Å². The monoisotopic (exact) mass is 434 g/mol. The summed E-state index contributed by atoms with van der Waals surface area (Å²) in [7, 11) is 0. The van der Waals surface area contributed by atoms with E-state index in [1.54, 1.807) is 24.5 Å². The predicted octanol–water partition coefficient (Wildman–Crippen LogP) is 3.25. The second kappa shape index (κ2) is 10.7. The van der Waals surface area contributed by atoms with Gasteiger partial charge in [0, 0.05) is 56.1 Å². The van der Waals surface area contributed by atoms with Gasteiger partial charge < -0.3 is 10.2 Å². The number of nitrogens with zero attached hydrogens (tertiary/aromatic N) is 3. The first-order valence-electron chi connectivity index (χ1n) is 11.9. The summed E-state index contributed by atoms with van der Waals surface area (Å²) in [4.78, 5) is 33.6. The van der Waals surface area contributed by atoms with Crippen molar-refractivity contribution >= 4 is 11.8 Å². The molecule has 6 heteroatoms. The molecular formula is C26H34N4O2. The smallest absolute Gasteiger partial charge is 0.254 e. The molecule has 1 saturated carbocycles. The largest absolute Gasteiger partial charge is 0.354 e. The van der Waals surface area contributed by atoms with Crippen LogP contribution in [0.1, 0.15) is 54.4 Å². The molecule has 0 unspecified atom stereocenters. The number of nitrogens with one attached hydrogen (secondary N) is 1. The zero-order chi connectivity index (χ0) is 22.2. The van der Waals surface area contributed by atoms with Gasteiger partial charge in [-0.25, -0.2) is 0 Å². The van der Waals surface area contributed by atoms with Crippen LogP contribution in [0, 0.1) is 0 Å². The molecule has 2 aliphatic rings. The van der Waals surface area contributed by atoms with E-state index < -0.39 is 0 Å². The average Bonchev–Trinajstić information content (AvgIpc) is 3.09. The van der Waals surface area contributed by atoms with Crippen molar-refractivity contribution in [3.8, 4) is 0 Å². The molecule has 32 heavy (non-hydrogen) atoms. The summed E-state index contributed by atoms with van der Waals surface area (Å²) in [5, 5.41) is 3.25. The lowest BCUT2D eigenvalue weighted by Gasteiger charge is -2.38. The minimum absolute atomic E-state index is 0.0424. The molecular weight excluding hydrogens is 400 g/mol. The molecule has 170 valence electrons. The Kier molecular flexibility index (Phi) is 7.53. The van der Waals surface area contributed by atoms with Crippen LogP contribution in [0.2, 0.25) is 0 Å². The maximum atomic E-state index is 12.8. The number of hydrogen-bond acceptors (Lipinski definition) is 4. The second-order valence-corrected chi connectivity index (χ2v) is 9.14. The van der Waals surface area contributed by atoms with Crippen LogP contribution in [-0.2, 0) is 10.2 Å². The van der Waals surface area contributed by atoms with Gasteiger partial charge in [0.05, 0.1) is 6.54 Å². The Hall–Kier alpha value is -2.73. The fourth-order valence-corrected chi connectivity index (χ4v) is 5.12. The Morgan fingerprint density at radius 2 is 1.62 bits per heavy atom. The molecule has 0 radical (unpaired) electrons. The molecule has 1 aromatic heterocycles. The molecule has 2 aromatic rings. The van der Waals surface area contributed by atoms with Crippen LogP contribution >= 0.6 is 0 Å². The van der Waals surface area contributed by atoms with E-state index in [1.165, 1.54) is 24.8 Å². The van der Waals surface area contributed by atoms with Crippen LogP contribution in [0.25, 0.3) is 0 Å². The number of amides is 2. The number of hydrogen-bond donors (Lipinski definition) is 1. The summed E-state index contributed by atoms with van der Waals surface area (Å²) < 4.78 is 0. The SMILES string of the molecule is O=C(CN1CCCN(C(=O)c2ccncc2)CC1)NCC1(c2ccccc2)CCCCC1. The zero-order valence-corrected chi connectivity index (χ0v) is 18.8. The minimum Gasteiger partial charge on any atom is -0.354 e. The number of pyridine rings is 1. The van der Waals surface area contributed by atoms with Gasteiger partial charge >= 0.3 is 0 Å². The first-order valence-corrected chi connectivity index (χ1v) is 11.9. The van der Waals surface area contributed by atoms with E-state index in [0.717, 1.165) is 32.4 Å². The van der Waals surface area contributed by atoms with Gasteiger partial charge in [0.25, 0.3) is 5.91 Å².